The second-order valence-corrected chi connectivity index (χ2v) is 16.8. The molecule has 0 bridgehead atoms. The van der Waals surface area contributed by atoms with Gasteiger partial charge in [-0.1, -0.05) is 42.5 Å². The first-order valence-electron chi connectivity index (χ1n) is 24.4. The number of pyridine rings is 5. The largest absolute Gasteiger partial charge is 0.434 e. The first kappa shape index (κ1) is 68.3. The number of fused-ring (bicyclic) bond motifs is 2. The Morgan fingerprint density at radius 1 is 0.429 bits per heavy atom. The highest BCUT2D eigenvalue weighted by Crippen LogP contribution is 2.34. The predicted octanol–water partition coefficient (Wildman–Crippen LogP) is 8.64. The Morgan fingerprint density at radius 3 is 1.51 bits per heavy atom. The average molecular weight is 1180 g/mol. The fourth-order valence-electron chi connectivity index (χ4n) is 7.29. The fourth-order valence-corrected chi connectivity index (χ4v) is 7.29. The number of nitrogens with one attached hydrogen (secondary N) is 6. The second-order valence-electron chi connectivity index (χ2n) is 16.8. The zero-order chi connectivity index (χ0) is 63.1. The number of halogens is 9. The summed E-state index contributed by atoms with van der Waals surface area (Å²) in [7, 11) is 8.62. The number of alkyl halides is 9. The van der Waals surface area contributed by atoms with Crippen molar-refractivity contribution in [3.05, 3.63) is 195 Å². The van der Waals surface area contributed by atoms with Gasteiger partial charge in [-0.3, -0.25) is 53.7 Å². The topological polar surface area (TPSA) is 265 Å². The van der Waals surface area contributed by atoms with E-state index in [1.54, 1.807) is 45.8 Å². The first-order chi connectivity index (χ1) is 39.5. The highest BCUT2D eigenvalue weighted by atomic mass is 19.4. The molecule has 2 aromatic carbocycles. The van der Waals surface area contributed by atoms with Crippen LogP contribution in [0.1, 0.15) is 102 Å². The van der Waals surface area contributed by atoms with Crippen LogP contribution in [0.25, 0.3) is 21.7 Å². The van der Waals surface area contributed by atoms with E-state index in [1.165, 1.54) is 35.0 Å². The molecule has 0 saturated carbocycles. The molecular weight excluding hydrogens is 1120 g/mol. The molecule has 84 heavy (non-hydrogen) atoms. The highest BCUT2D eigenvalue weighted by Gasteiger charge is 2.38. The Morgan fingerprint density at radius 2 is 0.940 bits per heavy atom. The van der Waals surface area contributed by atoms with Gasteiger partial charge in [-0.15, -0.1) is 0 Å². The van der Waals surface area contributed by atoms with Crippen molar-refractivity contribution >= 4 is 57.1 Å². The molecule has 28 heteroatoms. The molecule has 444 valence electrons. The quantitative estimate of drug-likeness (QED) is 0.0853. The highest BCUT2D eigenvalue weighted by molar-refractivity contribution is 6.06. The third kappa shape index (κ3) is 19.0. The van der Waals surface area contributed by atoms with Gasteiger partial charge in [0.05, 0.1) is 55.8 Å². The van der Waals surface area contributed by atoms with Gasteiger partial charge in [0, 0.05) is 95.9 Å². The Hall–Kier alpha value is -10.0. The molecule has 0 aliphatic heterocycles. The Balaban J connectivity index is 0.000000265. The molecule has 0 fully saturated rings. The van der Waals surface area contributed by atoms with Crippen molar-refractivity contribution in [1.82, 2.24) is 66.8 Å². The number of rotatable bonds is 6. The molecule has 0 unspecified atom stereocenters. The number of amides is 6. The van der Waals surface area contributed by atoms with Gasteiger partial charge < -0.3 is 31.9 Å². The van der Waals surface area contributed by atoms with Crippen LogP contribution in [0.2, 0.25) is 0 Å². The molecule has 8 rings (SSSR count). The number of benzene rings is 2. The third-order valence-corrected chi connectivity index (χ3v) is 11.2. The van der Waals surface area contributed by atoms with Crippen molar-refractivity contribution in [2.75, 3.05) is 42.3 Å². The zero-order valence-electron chi connectivity index (χ0n) is 46.5. The molecule has 6 N–H and O–H groups in total. The van der Waals surface area contributed by atoms with Gasteiger partial charge in [0.1, 0.15) is 12.0 Å². The number of para-hydroxylation sites is 1. The molecule has 0 aliphatic rings. The summed E-state index contributed by atoms with van der Waals surface area (Å²) in [6.07, 6.45) is -5.28. The monoisotopic (exact) mass is 1180 g/mol. The lowest BCUT2D eigenvalue weighted by Gasteiger charge is -2.14. The maximum absolute atomic E-state index is 12.7. The maximum Gasteiger partial charge on any atom is 0.434 e. The minimum Gasteiger partial charge on any atom is -0.355 e. The van der Waals surface area contributed by atoms with E-state index < -0.39 is 69.8 Å². The summed E-state index contributed by atoms with van der Waals surface area (Å²) in [6.45, 7) is 6.57. The van der Waals surface area contributed by atoms with Crippen LogP contribution in [0.5, 0.6) is 0 Å². The van der Waals surface area contributed by atoms with Crippen molar-refractivity contribution < 1.29 is 68.3 Å². The van der Waals surface area contributed by atoms with Crippen LogP contribution in [0.3, 0.4) is 0 Å². The Labute approximate surface area is 474 Å². The molecule has 0 radical (unpaired) electrons. The smallest absolute Gasteiger partial charge is 0.355 e. The van der Waals surface area contributed by atoms with E-state index in [1.807, 2.05) is 74.5 Å². The van der Waals surface area contributed by atoms with Gasteiger partial charge in [-0.05, 0) is 75.0 Å². The molecule has 0 atom stereocenters. The van der Waals surface area contributed by atoms with Crippen molar-refractivity contribution in [1.29, 1.82) is 0 Å². The van der Waals surface area contributed by atoms with E-state index in [9.17, 15) is 68.3 Å². The Kier molecular flexibility index (Phi) is 25.4. The lowest BCUT2D eigenvalue weighted by Crippen LogP contribution is -2.24. The van der Waals surface area contributed by atoms with Crippen LogP contribution >= 0.6 is 0 Å². The number of aryl methyl sites for hydroxylation is 4. The van der Waals surface area contributed by atoms with Gasteiger partial charge in [-0.25, -0.2) is 9.97 Å². The van der Waals surface area contributed by atoms with E-state index in [4.69, 9.17) is 0 Å². The molecule has 6 amide bonds. The third-order valence-electron chi connectivity index (χ3n) is 11.2. The summed E-state index contributed by atoms with van der Waals surface area (Å²) < 4.78 is 112. The number of hydrogen-bond acceptors (Lipinski definition) is 13. The molecule has 6 aromatic heterocycles. The number of aromatic nitrogens is 7. The summed E-state index contributed by atoms with van der Waals surface area (Å²) >= 11 is 0. The van der Waals surface area contributed by atoms with Gasteiger partial charge in [-0.2, -0.15) is 39.5 Å². The molecular formula is C56H56F9N13O6. The second kappa shape index (κ2) is 31.3. The van der Waals surface area contributed by atoms with Crippen LogP contribution < -0.4 is 31.9 Å². The summed E-state index contributed by atoms with van der Waals surface area (Å²) in [4.78, 5) is 93.6. The molecule has 19 nitrogen and oxygen atoms in total. The summed E-state index contributed by atoms with van der Waals surface area (Å²) in [6, 6.07) is 22.4. The van der Waals surface area contributed by atoms with Crippen LogP contribution in [-0.4, -0.2) is 113 Å². The van der Waals surface area contributed by atoms with Crippen LogP contribution in [0, 0.1) is 27.7 Å². The van der Waals surface area contributed by atoms with Crippen molar-refractivity contribution in [2.24, 2.45) is 0 Å². The Bertz CT molecular complexity index is 3410. The average Bonchev–Trinajstić information content (AvgIpc) is 3.44. The first-order valence-corrected chi connectivity index (χ1v) is 24.4. The number of nitrogens with zero attached hydrogens (tertiary/aromatic N) is 7. The van der Waals surface area contributed by atoms with E-state index >= 15 is 0 Å². The minimum atomic E-state index is -4.65. The molecule has 8 aromatic rings. The standard InChI is InChI=1S/2C11H10N2O.C10H11F3N2O.C9H12N2O.C8H7F3N2O.C7H6F3N3O/c1-12-11(14)9-6-7-13-10-5-3-2-4-8(9)10;1-12-11(14)10-9-5-3-2-4-8(9)6-7-13-10;1-5-4-7(10(11,12)13)8(6(2)15-5)9(16)14-3;1-6-4-5-11-7(2)8(6)9(12)10-3;1-12-7(14)5-4-13-3-2-6(5)8(9,10)11;1-11-6(14)4-2-12-3-13-5(4)7(8,9)10/h2*2-7H,1H3,(H,12,14);4H,1-3H3,(H,14,16);4-5H,1-3H3,(H,10,12);2-4H,1H3,(H,12,14);2-3H,1H3,(H,11,14). The number of carbonyl (C=O) groups excluding carboxylic acids is 6. The van der Waals surface area contributed by atoms with E-state index in [0.717, 1.165) is 70.0 Å². The minimum absolute atomic E-state index is 0.0712. The summed E-state index contributed by atoms with van der Waals surface area (Å²) in [5, 5.41) is 16.9. The normalized spacial score (nSPS) is 10.6. The van der Waals surface area contributed by atoms with Gasteiger partial charge >= 0.3 is 18.5 Å². The predicted molar refractivity (Wildman–Crippen MR) is 293 cm³/mol. The SMILES string of the molecule is CNC(=O)c1c(C(F)(F)F)cc(C)nc1C.CNC(=O)c1c(C)ccnc1C.CNC(=O)c1ccnc2ccccc12.CNC(=O)c1cnccc1C(F)(F)F.CNC(=O)c1cncnc1C(F)(F)F.CNC(=O)c1nccc2ccccc12. The van der Waals surface area contributed by atoms with Gasteiger partial charge in [0.2, 0.25) is 0 Å². The summed E-state index contributed by atoms with van der Waals surface area (Å²) in [5.74, 6) is -2.75. The van der Waals surface area contributed by atoms with Crippen molar-refractivity contribution in [3.63, 3.8) is 0 Å². The fraction of sp³-hybridized carbons (Fsp3) is 0.232. The molecule has 0 spiro atoms. The lowest BCUT2D eigenvalue weighted by molar-refractivity contribution is -0.141. The molecule has 0 aliphatic carbocycles. The van der Waals surface area contributed by atoms with E-state index in [-0.39, 0.29) is 29.1 Å². The van der Waals surface area contributed by atoms with Crippen molar-refractivity contribution in [2.45, 2.75) is 46.2 Å². The van der Waals surface area contributed by atoms with Crippen LogP contribution in [0.4, 0.5) is 39.5 Å². The van der Waals surface area contributed by atoms with Gasteiger partial charge in [0.25, 0.3) is 35.4 Å². The number of hydrogen-bond donors (Lipinski definition) is 6. The van der Waals surface area contributed by atoms with Crippen LogP contribution in [-0.2, 0) is 18.5 Å². The van der Waals surface area contributed by atoms with Gasteiger partial charge in [0.15, 0.2) is 5.69 Å². The maximum atomic E-state index is 12.7. The van der Waals surface area contributed by atoms with Crippen LogP contribution in [0.15, 0.2) is 122 Å². The zero-order valence-corrected chi connectivity index (χ0v) is 46.5. The van der Waals surface area contributed by atoms with E-state index in [2.05, 4.69) is 66.8 Å². The van der Waals surface area contributed by atoms with Crippen molar-refractivity contribution in [3.8, 4) is 0 Å². The lowest BCUT2D eigenvalue weighted by atomic mass is 10.0. The summed E-state index contributed by atoms with van der Waals surface area (Å²) in [5.41, 5.74) is 0.0822. The number of carbonyl (C=O) groups is 6. The molecule has 0 saturated heterocycles. The van der Waals surface area contributed by atoms with E-state index in [0.29, 0.717) is 16.8 Å². The molecule has 6 heterocycles.